The number of nitrogens with one attached hydrogen (secondary N) is 2. The number of hydrogen-bond donors (Lipinski definition) is 2. The van der Waals surface area contributed by atoms with Crippen LogP contribution in [-0.4, -0.2) is 55.0 Å². The van der Waals surface area contributed by atoms with Gasteiger partial charge in [-0.25, -0.2) is 9.67 Å². The minimum atomic E-state index is -0.149. The number of nitrogens with zero attached hydrogens (tertiary/aromatic N) is 3. The minimum absolute atomic E-state index is 0. The van der Waals surface area contributed by atoms with Gasteiger partial charge in [-0.2, -0.15) is 5.10 Å². The Bertz CT molecular complexity index is 949. The zero-order chi connectivity index (χ0) is 19.2. The number of ether oxygens (including phenoxy) is 2. The summed E-state index contributed by atoms with van der Waals surface area (Å²) in [5.41, 5.74) is 2.18. The number of benzene rings is 1. The van der Waals surface area contributed by atoms with E-state index in [-0.39, 0.29) is 30.7 Å². The average Bonchev–Trinajstić information content (AvgIpc) is 3.10. The van der Waals surface area contributed by atoms with Gasteiger partial charge in [0, 0.05) is 36.3 Å². The molecule has 2 aromatic heterocycles. The molecule has 2 heterocycles. The van der Waals surface area contributed by atoms with E-state index in [1.165, 1.54) is 0 Å². The summed E-state index contributed by atoms with van der Waals surface area (Å²) in [7, 11) is 5.08. The zero-order valence-electron chi connectivity index (χ0n) is 16.5. The number of aromatic nitrogens is 3. The standard InChI is InChI=1S/C19H23N5O3.2ClH/c1-20-6-7-21-19(25)15-8-14-11-23-24(18(14)22-10-15)12-13-4-5-16(26-2)9-17(13)27-3;;/h4-5,8-11,20H,6-7,12H2,1-3H3,(H,21,25);2*1H. The molecule has 2 N–H and O–H groups in total. The lowest BCUT2D eigenvalue weighted by Crippen LogP contribution is -2.30. The minimum Gasteiger partial charge on any atom is -0.497 e. The van der Waals surface area contributed by atoms with Gasteiger partial charge in [-0.15, -0.1) is 24.8 Å². The van der Waals surface area contributed by atoms with E-state index in [0.717, 1.165) is 22.4 Å². The van der Waals surface area contributed by atoms with Crippen molar-refractivity contribution in [2.45, 2.75) is 6.54 Å². The third kappa shape index (κ3) is 5.72. The van der Waals surface area contributed by atoms with Gasteiger partial charge in [-0.05, 0) is 25.2 Å². The van der Waals surface area contributed by atoms with Crippen LogP contribution >= 0.6 is 24.8 Å². The summed E-state index contributed by atoms with van der Waals surface area (Å²) in [4.78, 5) is 16.6. The van der Waals surface area contributed by atoms with Crippen molar-refractivity contribution in [2.24, 2.45) is 0 Å². The van der Waals surface area contributed by atoms with Crippen LogP contribution in [0.4, 0.5) is 0 Å². The van der Waals surface area contributed by atoms with Crippen LogP contribution in [0.25, 0.3) is 11.0 Å². The molecule has 3 rings (SSSR count). The third-order valence-electron chi connectivity index (χ3n) is 4.21. The van der Waals surface area contributed by atoms with Gasteiger partial charge in [-0.3, -0.25) is 4.79 Å². The zero-order valence-corrected chi connectivity index (χ0v) is 18.1. The molecule has 1 aromatic carbocycles. The summed E-state index contributed by atoms with van der Waals surface area (Å²) >= 11 is 0. The molecule has 0 saturated carbocycles. The summed E-state index contributed by atoms with van der Waals surface area (Å²) in [5.74, 6) is 1.30. The first kappa shape index (κ1) is 24.5. The Morgan fingerprint density at radius 3 is 2.59 bits per heavy atom. The van der Waals surface area contributed by atoms with Crippen LogP contribution in [-0.2, 0) is 6.54 Å². The highest BCUT2D eigenvalue weighted by molar-refractivity contribution is 5.96. The van der Waals surface area contributed by atoms with E-state index >= 15 is 0 Å². The number of amides is 1. The lowest BCUT2D eigenvalue weighted by molar-refractivity contribution is 0.0954. The summed E-state index contributed by atoms with van der Waals surface area (Å²) in [5, 5.41) is 11.0. The predicted molar refractivity (Wildman–Crippen MR) is 117 cm³/mol. The molecule has 0 aliphatic rings. The molecule has 0 saturated heterocycles. The van der Waals surface area contributed by atoms with Crippen molar-refractivity contribution < 1.29 is 14.3 Å². The van der Waals surface area contributed by atoms with Crippen molar-refractivity contribution >= 4 is 41.8 Å². The van der Waals surface area contributed by atoms with Crippen molar-refractivity contribution in [3.05, 3.63) is 47.8 Å². The van der Waals surface area contributed by atoms with Gasteiger partial charge < -0.3 is 20.1 Å². The van der Waals surface area contributed by atoms with Crippen molar-refractivity contribution in [3.8, 4) is 11.5 Å². The first-order valence-corrected chi connectivity index (χ1v) is 8.61. The van der Waals surface area contributed by atoms with E-state index in [1.54, 1.807) is 37.4 Å². The average molecular weight is 442 g/mol. The molecule has 0 aliphatic heterocycles. The van der Waals surface area contributed by atoms with E-state index in [4.69, 9.17) is 9.47 Å². The first-order chi connectivity index (χ1) is 13.2. The Morgan fingerprint density at radius 1 is 1.10 bits per heavy atom. The van der Waals surface area contributed by atoms with E-state index < -0.39 is 0 Å². The number of pyridine rings is 1. The van der Waals surface area contributed by atoms with Crippen LogP contribution in [0.15, 0.2) is 36.7 Å². The van der Waals surface area contributed by atoms with Gasteiger partial charge >= 0.3 is 0 Å². The van der Waals surface area contributed by atoms with Crippen molar-refractivity contribution in [1.82, 2.24) is 25.4 Å². The smallest absolute Gasteiger partial charge is 0.252 e. The predicted octanol–water partition coefficient (Wildman–Crippen LogP) is 2.29. The number of halogens is 2. The molecule has 10 heteroatoms. The molecule has 0 aliphatic carbocycles. The van der Waals surface area contributed by atoms with Crippen LogP contribution in [0.2, 0.25) is 0 Å². The Labute approximate surface area is 181 Å². The third-order valence-corrected chi connectivity index (χ3v) is 4.21. The van der Waals surface area contributed by atoms with Crippen LogP contribution in [0.5, 0.6) is 11.5 Å². The number of methoxy groups -OCH3 is 2. The molecule has 0 radical (unpaired) electrons. The van der Waals surface area contributed by atoms with Crippen molar-refractivity contribution in [1.29, 1.82) is 0 Å². The lowest BCUT2D eigenvalue weighted by Gasteiger charge is -2.11. The van der Waals surface area contributed by atoms with E-state index in [0.29, 0.717) is 30.8 Å². The van der Waals surface area contributed by atoms with Gasteiger partial charge in [0.2, 0.25) is 0 Å². The fraction of sp³-hybridized carbons (Fsp3) is 0.316. The second-order valence-corrected chi connectivity index (χ2v) is 5.98. The highest BCUT2D eigenvalue weighted by Crippen LogP contribution is 2.26. The number of carbonyl (C=O) groups is 1. The van der Waals surface area contributed by atoms with Crippen LogP contribution in [0.1, 0.15) is 15.9 Å². The molecule has 3 aromatic rings. The van der Waals surface area contributed by atoms with E-state index in [2.05, 4.69) is 20.7 Å². The van der Waals surface area contributed by atoms with Crippen LogP contribution in [0.3, 0.4) is 0 Å². The number of likely N-dealkylation sites (N-methyl/N-ethyl adjacent to an activating group) is 1. The van der Waals surface area contributed by atoms with Gasteiger partial charge in [0.15, 0.2) is 5.65 Å². The molecule has 1 amide bonds. The largest absolute Gasteiger partial charge is 0.497 e. The molecule has 158 valence electrons. The fourth-order valence-corrected chi connectivity index (χ4v) is 2.76. The van der Waals surface area contributed by atoms with Gasteiger partial charge in [0.05, 0.1) is 32.5 Å². The maximum atomic E-state index is 12.2. The van der Waals surface area contributed by atoms with E-state index in [9.17, 15) is 4.79 Å². The van der Waals surface area contributed by atoms with Crippen molar-refractivity contribution in [2.75, 3.05) is 34.4 Å². The molecular weight excluding hydrogens is 417 g/mol. The molecule has 0 bridgehead atoms. The maximum absolute atomic E-state index is 12.2. The van der Waals surface area contributed by atoms with Gasteiger partial charge in [0.25, 0.3) is 5.91 Å². The highest BCUT2D eigenvalue weighted by Gasteiger charge is 2.12. The van der Waals surface area contributed by atoms with Crippen LogP contribution < -0.4 is 20.1 Å². The Morgan fingerprint density at radius 2 is 1.90 bits per heavy atom. The summed E-state index contributed by atoms with van der Waals surface area (Å²) < 4.78 is 12.5. The van der Waals surface area contributed by atoms with Crippen molar-refractivity contribution in [3.63, 3.8) is 0 Å². The second-order valence-electron chi connectivity index (χ2n) is 5.98. The summed E-state index contributed by atoms with van der Waals surface area (Å²) in [6.45, 7) is 1.77. The molecule has 0 fully saturated rings. The number of hydrogen-bond acceptors (Lipinski definition) is 6. The molecule has 0 atom stereocenters. The van der Waals surface area contributed by atoms with Crippen LogP contribution in [0, 0.1) is 0 Å². The number of rotatable bonds is 8. The highest BCUT2D eigenvalue weighted by atomic mass is 35.5. The number of fused-ring (bicyclic) bond motifs is 1. The van der Waals surface area contributed by atoms with E-state index in [1.807, 2.05) is 25.2 Å². The molecule has 29 heavy (non-hydrogen) atoms. The number of carbonyl (C=O) groups excluding carboxylic acids is 1. The Balaban J connectivity index is 0.00000210. The normalized spacial score (nSPS) is 10.0. The Hall–Kier alpha value is -2.55. The topological polar surface area (TPSA) is 90.3 Å². The molecule has 0 spiro atoms. The molecule has 8 nitrogen and oxygen atoms in total. The molecular formula is C19H25Cl2N5O3. The SMILES string of the molecule is CNCCNC(=O)c1cnc2c(cnn2Cc2ccc(OC)cc2OC)c1.Cl.Cl. The second kappa shape index (κ2) is 11.5. The molecule has 0 unspecified atom stereocenters. The summed E-state index contributed by atoms with van der Waals surface area (Å²) in [6, 6.07) is 7.45. The first-order valence-electron chi connectivity index (χ1n) is 8.61. The monoisotopic (exact) mass is 441 g/mol. The Kier molecular flexibility index (Phi) is 9.67. The lowest BCUT2D eigenvalue weighted by atomic mass is 10.2. The summed E-state index contributed by atoms with van der Waals surface area (Å²) in [6.07, 6.45) is 3.28. The quantitative estimate of drug-likeness (QED) is 0.521. The fourth-order valence-electron chi connectivity index (χ4n) is 2.76. The van der Waals surface area contributed by atoms with Gasteiger partial charge in [-0.1, -0.05) is 0 Å². The maximum Gasteiger partial charge on any atom is 0.252 e. The van der Waals surface area contributed by atoms with Gasteiger partial charge in [0.1, 0.15) is 11.5 Å².